The molecule has 1 atom stereocenters. The van der Waals surface area contributed by atoms with Crippen molar-refractivity contribution in [2.75, 3.05) is 7.11 Å². The number of hydrogen-bond donors (Lipinski definition) is 1. The van der Waals surface area contributed by atoms with Crippen LogP contribution in [0.25, 0.3) is 0 Å². The van der Waals surface area contributed by atoms with Crippen LogP contribution >= 0.6 is 0 Å². The van der Waals surface area contributed by atoms with Gasteiger partial charge in [-0.3, -0.25) is 0 Å². The summed E-state index contributed by atoms with van der Waals surface area (Å²) in [4.78, 5) is 3.95. The zero-order chi connectivity index (χ0) is 15.5. The molecule has 1 aromatic carbocycles. The minimum atomic E-state index is -4.40. The fraction of sp³-hybridized carbons (Fsp3) is 0.267. The van der Waals surface area contributed by atoms with Gasteiger partial charge in [0.15, 0.2) is 0 Å². The van der Waals surface area contributed by atoms with Gasteiger partial charge in [0.2, 0.25) is 5.88 Å². The van der Waals surface area contributed by atoms with Crippen molar-refractivity contribution in [3.05, 3.63) is 59.3 Å². The van der Waals surface area contributed by atoms with Crippen molar-refractivity contribution >= 4 is 0 Å². The van der Waals surface area contributed by atoms with Crippen molar-refractivity contribution < 1.29 is 23.0 Å². The Hall–Kier alpha value is -2.08. The van der Waals surface area contributed by atoms with Gasteiger partial charge in [-0.2, -0.15) is 13.2 Å². The quantitative estimate of drug-likeness (QED) is 0.940. The average Bonchev–Trinajstić information content (AvgIpc) is 2.46. The Morgan fingerprint density at radius 2 is 2.00 bits per heavy atom. The molecule has 0 spiro atoms. The molecule has 1 N–H and O–H groups in total. The summed E-state index contributed by atoms with van der Waals surface area (Å²) < 4.78 is 43.0. The molecule has 2 rings (SSSR count). The molecule has 21 heavy (non-hydrogen) atoms. The van der Waals surface area contributed by atoms with Crippen LogP contribution in [0.5, 0.6) is 5.88 Å². The van der Waals surface area contributed by atoms with Gasteiger partial charge in [0.05, 0.1) is 18.8 Å². The van der Waals surface area contributed by atoms with Crippen molar-refractivity contribution in [2.24, 2.45) is 0 Å². The van der Waals surface area contributed by atoms with Crippen LogP contribution in [0.2, 0.25) is 0 Å². The molecule has 0 radical (unpaired) electrons. The molecule has 0 saturated heterocycles. The molecule has 1 aromatic heterocycles. The minimum absolute atomic E-state index is 0.0476. The van der Waals surface area contributed by atoms with E-state index in [1.54, 1.807) is 18.2 Å². The van der Waals surface area contributed by atoms with Gasteiger partial charge in [-0.05, 0) is 23.8 Å². The van der Waals surface area contributed by atoms with E-state index in [9.17, 15) is 18.3 Å². The molecular weight excluding hydrogens is 283 g/mol. The van der Waals surface area contributed by atoms with Crippen LogP contribution in [0.3, 0.4) is 0 Å². The molecular formula is C15H14F3NO2. The Balaban J connectivity index is 2.22. The van der Waals surface area contributed by atoms with Crippen LogP contribution in [-0.4, -0.2) is 17.2 Å². The second-order valence-electron chi connectivity index (χ2n) is 4.52. The maximum atomic E-state index is 12.7. The first-order valence-electron chi connectivity index (χ1n) is 6.25. The third kappa shape index (κ3) is 3.72. The predicted molar refractivity (Wildman–Crippen MR) is 70.9 cm³/mol. The molecule has 0 bridgehead atoms. The van der Waals surface area contributed by atoms with Crippen molar-refractivity contribution in [1.29, 1.82) is 0 Å². The molecule has 2 aromatic rings. The van der Waals surface area contributed by atoms with Gasteiger partial charge in [-0.1, -0.05) is 18.2 Å². The van der Waals surface area contributed by atoms with E-state index in [0.29, 0.717) is 11.1 Å². The van der Waals surface area contributed by atoms with E-state index in [4.69, 9.17) is 4.74 Å². The number of hydrogen-bond acceptors (Lipinski definition) is 3. The van der Waals surface area contributed by atoms with Crippen molar-refractivity contribution in [3.8, 4) is 5.88 Å². The van der Waals surface area contributed by atoms with E-state index in [1.165, 1.54) is 19.4 Å². The number of aromatic nitrogens is 1. The molecule has 1 unspecified atom stereocenters. The number of ether oxygens (including phenoxy) is 1. The summed E-state index contributed by atoms with van der Waals surface area (Å²) in [6.07, 6.45) is -3.82. The SMILES string of the molecule is COc1ncccc1C(O)Cc1cccc(C(F)(F)F)c1. The van der Waals surface area contributed by atoms with Crippen LogP contribution in [0.15, 0.2) is 42.6 Å². The molecule has 0 aliphatic heterocycles. The number of benzene rings is 1. The zero-order valence-electron chi connectivity index (χ0n) is 11.3. The topological polar surface area (TPSA) is 42.4 Å². The second kappa shape index (κ2) is 6.13. The zero-order valence-corrected chi connectivity index (χ0v) is 11.3. The molecule has 0 aliphatic carbocycles. The maximum absolute atomic E-state index is 12.7. The van der Waals surface area contributed by atoms with Gasteiger partial charge in [0, 0.05) is 18.2 Å². The van der Waals surface area contributed by atoms with Crippen LogP contribution in [-0.2, 0) is 12.6 Å². The highest BCUT2D eigenvalue weighted by Crippen LogP contribution is 2.31. The number of nitrogens with zero attached hydrogens (tertiary/aromatic N) is 1. The first-order valence-corrected chi connectivity index (χ1v) is 6.25. The molecule has 0 saturated carbocycles. The molecule has 1 heterocycles. The summed E-state index contributed by atoms with van der Waals surface area (Å²) >= 11 is 0. The fourth-order valence-corrected chi connectivity index (χ4v) is 2.04. The number of aliphatic hydroxyl groups is 1. The highest BCUT2D eigenvalue weighted by molar-refractivity contribution is 5.31. The van der Waals surface area contributed by atoms with E-state index in [-0.39, 0.29) is 12.3 Å². The van der Waals surface area contributed by atoms with E-state index in [0.717, 1.165) is 12.1 Å². The van der Waals surface area contributed by atoms with Crippen LogP contribution in [0.4, 0.5) is 13.2 Å². The lowest BCUT2D eigenvalue weighted by Gasteiger charge is -2.15. The van der Waals surface area contributed by atoms with E-state index >= 15 is 0 Å². The van der Waals surface area contributed by atoms with Crippen molar-refractivity contribution in [1.82, 2.24) is 4.98 Å². The molecule has 0 amide bonds. The number of rotatable bonds is 4. The summed E-state index contributed by atoms with van der Waals surface area (Å²) in [7, 11) is 1.42. The number of alkyl halides is 3. The summed E-state index contributed by atoms with van der Waals surface area (Å²) in [6, 6.07) is 8.16. The highest BCUT2D eigenvalue weighted by Gasteiger charge is 2.30. The number of methoxy groups -OCH3 is 1. The first-order chi connectivity index (χ1) is 9.91. The lowest BCUT2D eigenvalue weighted by Crippen LogP contribution is -2.08. The highest BCUT2D eigenvalue weighted by atomic mass is 19.4. The number of pyridine rings is 1. The minimum Gasteiger partial charge on any atom is -0.481 e. The normalized spacial score (nSPS) is 13.0. The summed E-state index contributed by atoms with van der Waals surface area (Å²) in [6.45, 7) is 0. The summed E-state index contributed by atoms with van der Waals surface area (Å²) in [5.74, 6) is 0.261. The Morgan fingerprint density at radius 3 is 2.67 bits per heavy atom. The Labute approximate surface area is 120 Å². The van der Waals surface area contributed by atoms with Crippen molar-refractivity contribution in [3.63, 3.8) is 0 Å². The van der Waals surface area contributed by atoms with Gasteiger partial charge in [-0.15, -0.1) is 0 Å². The fourth-order valence-electron chi connectivity index (χ4n) is 2.04. The maximum Gasteiger partial charge on any atom is 0.416 e. The van der Waals surface area contributed by atoms with Crippen LogP contribution in [0.1, 0.15) is 22.8 Å². The van der Waals surface area contributed by atoms with E-state index in [1.807, 2.05) is 0 Å². The van der Waals surface area contributed by atoms with Crippen LogP contribution in [0, 0.1) is 0 Å². The molecule has 112 valence electrons. The predicted octanol–water partition coefficient (Wildman–Crippen LogP) is 3.39. The van der Waals surface area contributed by atoms with Gasteiger partial charge < -0.3 is 9.84 Å². The van der Waals surface area contributed by atoms with Gasteiger partial charge in [-0.25, -0.2) is 4.98 Å². The van der Waals surface area contributed by atoms with Gasteiger partial charge >= 0.3 is 6.18 Å². The third-order valence-corrected chi connectivity index (χ3v) is 3.04. The largest absolute Gasteiger partial charge is 0.481 e. The third-order valence-electron chi connectivity index (χ3n) is 3.04. The smallest absolute Gasteiger partial charge is 0.416 e. The van der Waals surface area contributed by atoms with E-state index < -0.39 is 17.8 Å². The number of aliphatic hydroxyl groups excluding tert-OH is 1. The van der Waals surface area contributed by atoms with Crippen LogP contribution < -0.4 is 4.74 Å². The molecule has 6 heteroatoms. The Kier molecular flexibility index (Phi) is 4.47. The standard InChI is InChI=1S/C15H14F3NO2/c1-21-14-12(6-3-7-19-14)13(20)9-10-4-2-5-11(8-10)15(16,17)18/h2-8,13,20H,9H2,1H3. The molecule has 0 aliphatic rings. The average molecular weight is 297 g/mol. The number of halogens is 3. The molecule has 3 nitrogen and oxygen atoms in total. The second-order valence-corrected chi connectivity index (χ2v) is 4.52. The Bertz CT molecular complexity index is 614. The Morgan fingerprint density at radius 1 is 1.24 bits per heavy atom. The van der Waals surface area contributed by atoms with Crippen molar-refractivity contribution in [2.45, 2.75) is 18.7 Å². The van der Waals surface area contributed by atoms with Gasteiger partial charge in [0.25, 0.3) is 0 Å². The summed E-state index contributed by atoms with van der Waals surface area (Å²) in [5.41, 5.74) is 0.103. The summed E-state index contributed by atoms with van der Waals surface area (Å²) in [5, 5.41) is 10.2. The lowest BCUT2D eigenvalue weighted by molar-refractivity contribution is -0.137. The van der Waals surface area contributed by atoms with E-state index in [2.05, 4.69) is 4.98 Å². The lowest BCUT2D eigenvalue weighted by atomic mass is 10.0. The molecule has 0 fully saturated rings. The van der Waals surface area contributed by atoms with Gasteiger partial charge in [0.1, 0.15) is 0 Å². The first kappa shape index (κ1) is 15.3. The monoisotopic (exact) mass is 297 g/mol.